The van der Waals surface area contributed by atoms with Crippen molar-refractivity contribution in [1.82, 2.24) is 5.01 Å². The van der Waals surface area contributed by atoms with Gasteiger partial charge in [0.1, 0.15) is 6.54 Å². The number of amides is 3. The number of benzene rings is 2. The first-order valence-corrected chi connectivity index (χ1v) is 12.5. The van der Waals surface area contributed by atoms with Crippen LogP contribution in [0.4, 0.5) is 16.2 Å². The lowest BCUT2D eigenvalue weighted by Crippen LogP contribution is -2.44. The third kappa shape index (κ3) is 5.91. The van der Waals surface area contributed by atoms with E-state index >= 15 is 0 Å². The maximum atomic E-state index is 13.7. The number of hydrogen-bond donors (Lipinski definition) is 2. The van der Waals surface area contributed by atoms with Crippen LogP contribution in [-0.2, 0) is 9.53 Å². The van der Waals surface area contributed by atoms with Crippen molar-refractivity contribution in [3.05, 3.63) is 59.7 Å². The monoisotopic (exact) mass is 492 g/mol. The van der Waals surface area contributed by atoms with Gasteiger partial charge in [-0.15, -0.1) is 0 Å². The van der Waals surface area contributed by atoms with Crippen LogP contribution in [0.5, 0.6) is 0 Å². The number of rotatable bonds is 9. The Balaban J connectivity index is 1.64. The number of anilines is 2. The molecule has 2 aliphatic rings. The molecule has 9 heteroatoms. The summed E-state index contributed by atoms with van der Waals surface area (Å²) in [6.45, 7) is 2.83. The summed E-state index contributed by atoms with van der Waals surface area (Å²) in [6.07, 6.45) is 5.37. The van der Waals surface area contributed by atoms with Gasteiger partial charge in [0.15, 0.2) is 0 Å². The largest absolute Gasteiger partial charge is 0.478 e. The molecule has 0 bridgehead atoms. The van der Waals surface area contributed by atoms with Gasteiger partial charge in [-0.05, 0) is 44.0 Å². The van der Waals surface area contributed by atoms with Crippen molar-refractivity contribution in [2.45, 2.75) is 39.0 Å². The van der Waals surface area contributed by atoms with E-state index in [4.69, 9.17) is 9.84 Å². The summed E-state index contributed by atoms with van der Waals surface area (Å²) in [5.41, 5.74) is 2.91. The van der Waals surface area contributed by atoms with Gasteiger partial charge < -0.3 is 15.2 Å². The molecule has 2 aromatic carbocycles. The standard InChI is InChI=1S/C27H32N4O5/c1-2-36-16-15-30-23-14-7-6-13-22(23)25(19-9-4-3-5-10-19)29-31(27(30)35)18-24(32)28-21-12-8-11-20(17-21)26(33)34/h6-8,11-14,17,19H,2-5,9-10,15-16,18H2,1H3,(H,28,32)(H,33,34). The fourth-order valence-electron chi connectivity index (χ4n) is 4.76. The number of urea groups is 1. The maximum Gasteiger partial charge on any atom is 0.345 e. The van der Waals surface area contributed by atoms with Gasteiger partial charge in [0.05, 0.1) is 30.1 Å². The highest BCUT2D eigenvalue weighted by molar-refractivity contribution is 6.12. The van der Waals surface area contributed by atoms with E-state index in [1.165, 1.54) is 23.6 Å². The highest BCUT2D eigenvalue weighted by Crippen LogP contribution is 2.34. The molecular weight excluding hydrogens is 460 g/mol. The number of carbonyl (C=O) groups excluding carboxylic acids is 2. The van der Waals surface area contributed by atoms with Crippen LogP contribution >= 0.6 is 0 Å². The van der Waals surface area contributed by atoms with Crippen LogP contribution in [-0.4, -0.2) is 60.0 Å². The van der Waals surface area contributed by atoms with Crippen molar-refractivity contribution >= 4 is 35.0 Å². The van der Waals surface area contributed by atoms with E-state index in [1.54, 1.807) is 17.0 Å². The number of carbonyl (C=O) groups is 3. The molecule has 2 aromatic rings. The summed E-state index contributed by atoms with van der Waals surface area (Å²) in [5.74, 6) is -1.34. The predicted octanol–water partition coefficient (Wildman–Crippen LogP) is 4.59. The van der Waals surface area contributed by atoms with E-state index in [0.29, 0.717) is 25.4 Å². The number of hydrogen-bond acceptors (Lipinski definition) is 5. The van der Waals surface area contributed by atoms with Gasteiger partial charge in [0.2, 0.25) is 5.91 Å². The molecule has 9 nitrogen and oxygen atoms in total. The number of nitrogens with one attached hydrogen (secondary N) is 1. The molecule has 1 fully saturated rings. The molecule has 3 amide bonds. The van der Waals surface area contributed by atoms with Gasteiger partial charge >= 0.3 is 12.0 Å². The van der Waals surface area contributed by atoms with Gasteiger partial charge in [-0.3, -0.25) is 9.69 Å². The lowest BCUT2D eigenvalue weighted by atomic mass is 9.83. The van der Waals surface area contributed by atoms with Crippen molar-refractivity contribution in [2.75, 3.05) is 36.5 Å². The van der Waals surface area contributed by atoms with E-state index in [-0.39, 0.29) is 18.0 Å². The van der Waals surface area contributed by atoms with Crippen molar-refractivity contribution in [3.63, 3.8) is 0 Å². The maximum absolute atomic E-state index is 13.7. The minimum absolute atomic E-state index is 0.0637. The van der Waals surface area contributed by atoms with E-state index in [9.17, 15) is 19.5 Å². The fraction of sp³-hybridized carbons (Fsp3) is 0.407. The average molecular weight is 493 g/mol. The van der Waals surface area contributed by atoms with Crippen LogP contribution in [0.1, 0.15) is 54.9 Å². The first-order chi connectivity index (χ1) is 17.5. The molecule has 2 N–H and O–H groups in total. The lowest BCUT2D eigenvalue weighted by molar-refractivity contribution is -0.116. The Morgan fingerprint density at radius 2 is 1.89 bits per heavy atom. The van der Waals surface area contributed by atoms with Crippen molar-refractivity contribution in [3.8, 4) is 0 Å². The Morgan fingerprint density at radius 1 is 1.11 bits per heavy atom. The second-order valence-corrected chi connectivity index (χ2v) is 8.96. The van der Waals surface area contributed by atoms with Crippen LogP contribution < -0.4 is 10.2 Å². The molecule has 190 valence electrons. The van der Waals surface area contributed by atoms with E-state index < -0.39 is 17.9 Å². The van der Waals surface area contributed by atoms with E-state index in [0.717, 1.165) is 42.6 Å². The first kappa shape index (κ1) is 25.4. The summed E-state index contributed by atoms with van der Waals surface area (Å²) in [4.78, 5) is 39.6. The number of ether oxygens (including phenoxy) is 1. The Morgan fingerprint density at radius 3 is 2.64 bits per heavy atom. The van der Waals surface area contributed by atoms with Crippen LogP contribution in [0.3, 0.4) is 0 Å². The predicted molar refractivity (Wildman–Crippen MR) is 138 cm³/mol. The van der Waals surface area contributed by atoms with Crippen LogP contribution in [0.15, 0.2) is 53.6 Å². The zero-order valence-corrected chi connectivity index (χ0v) is 20.5. The number of nitrogens with zero attached hydrogens (tertiary/aromatic N) is 3. The minimum Gasteiger partial charge on any atom is -0.478 e. The molecule has 0 unspecified atom stereocenters. The van der Waals surface area contributed by atoms with Gasteiger partial charge in [0, 0.05) is 23.8 Å². The summed E-state index contributed by atoms with van der Waals surface area (Å²) >= 11 is 0. The molecule has 0 radical (unpaired) electrons. The van der Waals surface area contributed by atoms with Gasteiger partial charge in [-0.1, -0.05) is 43.5 Å². The summed E-state index contributed by atoms with van der Waals surface area (Å²) < 4.78 is 5.53. The Kier molecular flexibility index (Phi) is 8.32. The molecule has 0 atom stereocenters. The zero-order chi connectivity index (χ0) is 25.5. The topological polar surface area (TPSA) is 112 Å². The van der Waals surface area contributed by atoms with Crippen molar-refractivity contribution in [2.24, 2.45) is 11.0 Å². The second-order valence-electron chi connectivity index (χ2n) is 8.96. The smallest absolute Gasteiger partial charge is 0.345 e. The third-order valence-corrected chi connectivity index (χ3v) is 6.49. The van der Waals surface area contributed by atoms with Crippen molar-refractivity contribution < 1.29 is 24.2 Å². The summed E-state index contributed by atoms with van der Waals surface area (Å²) in [6, 6.07) is 13.3. The highest BCUT2D eigenvalue weighted by atomic mass is 16.5. The molecule has 1 aliphatic carbocycles. The molecule has 4 rings (SSSR count). The number of fused-ring (bicyclic) bond motifs is 1. The quantitative estimate of drug-likeness (QED) is 0.498. The molecule has 1 aliphatic heterocycles. The van der Waals surface area contributed by atoms with Crippen molar-refractivity contribution in [1.29, 1.82) is 0 Å². The Hall–Kier alpha value is -3.72. The van der Waals surface area contributed by atoms with Gasteiger partial charge in [-0.2, -0.15) is 5.10 Å². The molecular formula is C27H32N4O5. The Bertz CT molecular complexity index is 1140. The number of carboxylic acids is 1. The average Bonchev–Trinajstić information content (AvgIpc) is 3.00. The molecule has 36 heavy (non-hydrogen) atoms. The minimum atomic E-state index is -1.08. The van der Waals surface area contributed by atoms with Gasteiger partial charge in [-0.25, -0.2) is 14.6 Å². The van der Waals surface area contributed by atoms with Crippen LogP contribution in [0.25, 0.3) is 0 Å². The number of hydrazone groups is 1. The molecule has 0 saturated heterocycles. The Labute approximate surface area is 210 Å². The number of para-hydroxylation sites is 1. The van der Waals surface area contributed by atoms with E-state index in [1.807, 2.05) is 31.2 Å². The molecule has 1 saturated carbocycles. The first-order valence-electron chi connectivity index (χ1n) is 12.5. The molecule has 1 heterocycles. The zero-order valence-electron chi connectivity index (χ0n) is 20.5. The molecule has 0 spiro atoms. The third-order valence-electron chi connectivity index (χ3n) is 6.49. The van der Waals surface area contributed by atoms with Gasteiger partial charge in [0.25, 0.3) is 0 Å². The number of carboxylic acid groups (broad SMARTS) is 1. The summed E-state index contributed by atoms with van der Waals surface area (Å²) in [7, 11) is 0. The normalized spacial score (nSPS) is 16.2. The molecule has 0 aromatic heterocycles. The van der Waals surface area contributed by atoms with Crippen LogP contribution in [0, 0.1) is 5.92 Å². The van der Waals surface area contributed by atoms with Crippen LogP contribution in [0.2, 0.25) is 0 Å². The highest BCUT2D eigenvalue weighted by Gasteiger charge is 2.33. The number of aromatic carboxylic acids is 1. The summed E-state index contributed by atoms with van der Waals surface area (Å²) in [5, 5.41) is 17.9. The second kappa shape index (κ2) is 11.8. The fourth-order valence-corrected chi connectivity index (χ4v) is 4.76. The lowest BCUT2D eigenvalue weighted by Gasteiger charge is -2.26. The SMILES string of the molecule is CCOCCN1C(=O)N(CC(=O)Nc2cccc(C(=O)O)c2)N=C(C2CCCCC2)c2ccccc21. The van der Waals surface area contributed by atoms with E-state index in [2.05, 4.69) is 5.32 Å².